The largest absolute Gasteiger partial charge is 0.464 e. The van der Waals surface area contributed by atoms with Crippen molar-refractivity contribution in [2.45, 2.75) is 161 Å². The average Bonchev–Trinajstić information content (AvgIpc) is 2.88. The number of ether oxygens (including phenoxy) is 2. The fourth-order valence-corrected chi connectivity index (χ4v) is 4.91. The lowest BCUT2D eigenvalue weighted by atomic mass is 10.0. The normalized spacial score (nSPS) is 15.8. The van der Waals surface area contributed by atoms with Crippen LogP contribution in [0.25, 0.3) is 0 Å². The molecule has 35 heavy (non-hydrogen) atoms. The van der Waals surface area contributed by atoms with Gasteiger partial charge in [-0.25, -0.2) is 9.59 Å². The first kappa shape index (κ1) is 31.8. The van der Waals surface area contributed by atoms with Gasteiger partial charge in [-0.15, -0.1) is 0 Å². The zero-order valence-electron chi connectivity index (χ0n) is 23.3. The molecule has 1 rings (SSSR count). The van der Waals surface area contributed by atoms with Crippen molar-refractivity contribution < 1.29 is 19.1 Å². The number of unbranched alkanes of at least 4 members (excludes halogenated alkanes) is 17. The van der Waals surface area contributed by atoms with Crippen LogP contribution in [-0.2, 0) is 14.3 Å². The Morgan fingerprint density at radius 1 is 0.600 bits per heavy atom. The van der Waals surface area contributed by atoms with Crippen molar-refractivity contribution in [3.8, 4) is 0 Å². The molecule has 1 amide bonds. The predicted molar refractivity (Wildman–Crippen MR) is 146 cm³/mol. The maximum Gasteiger partial charge on any atom is 0.410 e. The summed E-state index contributed by atoms with van der Waals surface area (Å²) in [7, 11) is 0. The number of carbonyl (C=O) groups excluding carboxylic acids is 2. The van der Waals surface area contributed by atoms with E-state index in [9.17, 15) is 9.59 Å². The molecule has 0 aromatic rings. The highest BCUT2D eigenvalue weighted by Crippen LogP contribution is 2.20. The van der Waals surface area contributed by atoms with Crippen molar-refractivity contribution >= 4 is 12.1 Å². The van der Waals surface area contributed by atoms with E-state index in [2.05, 4.69) is 13.8 Å². The zero-order chi connectivity index (χ0) is 25.4. The molecular formula is C30H57NO4. The van der Waals surface area contributed by atoms with Gasteiger partial charge < -0.3 is 9.47 Å². The Morgan fingerprint density at radius 3 is 1.51 bits per heavy atom. The molecule has 0 aromatic carbocycles. The summed E-state index contributed by atoms with van der Waals surface area (Å²) >= 11 is 0. The van der Waals surface area contributed by atoms with Crippen LogP contribution < -0.4 is 0 Å². The summed E-state index contributed by atoms with van der Waals surface area (Å²) < 4.78 is 11.0. The third kappa shape index (κ3) is 16.9. The first-order chi connectivity index (χ1) is 17.2. The minimum atomic E-state index is -0.470. The smallest absolute Gasteiger partial charge is 0.410 e. The van der Waals surface area contributed by atoms with Gasteiger partial charge >= 0.3 is 12.1 Å². The molecule has 1 fully saturated rings. The van der Waals surface area contributed by atoms with E-state index in [1.807, 2.05) is 0 Å². The Hall–Kier alpha value is -1.26. The van der Waals surface area contributed by atoms with Crippen molar-refractivity contribution in [3.05, 3.63) is 0 Å². The van der Waals surface area contributed by atoms with Crippen LogP contribution in [0.1, 0.15) is 155 Å². The van der Waals surface area contributed by atoms with E-state index in [1.165, 1.54) is 96.3 Å². The van der Waals surface area contributed by atoms with E-state index in [0.717, 1.165) is 38.5 Å². The maximum absolute atomic E-state index is 12.6. The van der Waals surface area contributed by atoms with Gasteiger partial charge in [0.05, 0.1) is 13.2 Å². The Balaban J connectivity index is 2.05. The lowest BCUT2D eigenvalue weighted by molar-refractivity contribution is -0.150. The van der Waals surface area contributed by atoms with Gasteiger partial charge in [-0.2, -0.15) is 0 Å². The Labute approximate surface area is 217 Å². The van der Waals surface area contributed by atoms with E-state index < -0.39 is 6.04 Å². The van der Waals surface area contributed by atoms with Crippen LogP contribution in [0.2, 0.25) is 0 Å². The molecule has 5 nitrogen and oxygen atoms in total. The molecular weight excluding hydrogens is 438 g/mol. The van der Waals surface area contributed by atoms with Gasteiger partial charge in [-0.3, -0.25) is 4.90 Å². The van der Waals surface area contributed by atoms with E-state index >= 15 is 0 Å². The molecule has 0 spiro atoms. The van der Waals surface area contributed by atoms with Crippen molar-refractivity contribution in [1.82, 2.24) is 4.90 Å². The molecule has 0 aliphatic carbocycles. The van der Waals surface area contributed by atoms with Crippen molar-refractivity contribution in [2.75, 3.05) is 19.8 Å². The highest BCUT2D eigenvalue weighted by molar-refractivity contribution is 5.81. The van der Waals surface area contributed by atoms with E-state index in [-0.39, 0.29) is 12.1 Å². The van der Waals surface area contributed by atoms with Gasteiger partial charge in [0.15, 0.2) is 0 Å². The lowest BCUT2D eigenvalue weighted by Gasteiger charge is -2.33. The molecule has 0 bridgehead atoms. The molecule has 1 unspecified atom stereocenters. The lowest BCUT2D eigenvalue weighted by Crippen LogP contribution is -2.49. The second kappa shape index (κ2) is 23.2. The number of likely N-dealkylation sites (tertiary alicyclic amines) is 1. The number of esters is 1. The zero-order valence-corrected chi connectivity index (χ0v) is 23.3. The van der Waals surface area contributed by atoms with Gasteiger partial charge in [-0.05, 0) is 32.1 Å². The summed E-state index contributed by atoms with van der Waals surface area (Å²) in [5.41, 5.74) is 0. The van der Waals surface area contributed by atoms with Gasteiger partial charge in [0.25, 0.3) is 0 Å². The fourth-order valence-electron chi connectivity index (χ4n) is 4.91. The third-order valence-electron chi connectivity index (χ3n) is 7.23. The van der Waals surface area contributed by atoms with Crippen LogP contribution in [-0.4, -0.2) is 42.8 Å². The number of nitrogens with zero attached hydrogens (tertiary/aromatic N) is 1. The Kier molecular flexibility index (Phi) is 21.0. The summed E-state index contributed by atoms with van der Waals surface area (Å²) in [6, 6.07) is -0.470. The molecule has 0 aromatic heterocycles. The first-order valence-electron chi connectivity index (χ1n) is 15.3. The van der Waals surface area contributed by atoms with Crippen molar-refractivity contribution in [2.24, 2.45) is 0 Å². The van der Waals surface area contributed by atoms with Crippen LogP contribution >= 0.6 is 0 Å². The number of carbonyl (C=O) groups is 2. The van der Waals surface area contributed by atoms with Crippen molar-refractivity contribution in [3.63, 3.8) is 0 Å². The average molecular weight is 496 g/mol. The Bertz CT molecular complexity index is 511. The predicted octanol–water partition coefficient (Wildman–Crippen LogP) is 8.97. The SMILES string of the molecule is CCCCCCCCCCCCCCCOC(=O)C1CCCCN1C(=O)OCCCCCCCC. The minimum Gasteiger partial charge on any atom is -0.464 e. The monoisotopic (exact) mass is 495 g/mol. The molecule has 1 atom stereocenters. The number of hydrogen-bond donors (Lipinski definition) is 0. The molecule has 1 saturated heterocycles. The summed E-state index contributed by atoms with van der Waals surface area (Å²) in [6.45, 7) is 5.98. The van der Waals surface area contributed by atoms with E-state index in [1.54, 1.807) is 4.90 Å². The highest BCUT2D eigenvalue weighted by atomic mass is 16.6. The fraction of sp³-hybridized carbons (Fsp3) is 0.933. The molecule has 0 N–H and O–H groups in total. The molecule has 206 valence electrons. The Morgan fingerprint density at radius 2 is 1.03 bits per heavy atom. The number of hydrogen-bond acceptors (Lipinski definition) is 4. The molecule has 0 saturated carbocycles. The summed E-state index contributed by atoms with van der Waals surface area (Å²) in [6.07, 6.45) is 26.1. The standard InChI is InChI=1S/C30H57NO4/c1-3-5-7-9-11-12-13-14-15-16-17-19-22-26-34-29(32)28-24-20-21-25-31(28)30(33)35-27-23-18-10-8-6-4-2/h28H,3-27H2,1-2H3. The van der Waals surface area contributed by atoms with Crippen LogP contribution in [0.15, 0.2) is 0 Å². The second-order valence-corrected chi connectivity index (χ2v) is 10.5. The molecule has 0 radical (unpaired) electrons. The topological polar surface area (TPSA) is 55.8 Å². The van der Waals surface area contributed by atoms with Crippen LogP contribution in [0.5, 0.6) is 0 Å². The van der Waals surface area contributed by atoms with E-state index in [0.29, 0.717) is 26.2 Å². The van der Waals surface area contributed by atoms with E-state index in [4.69, 9.17) is 9.47 Å². The number of rotatable bonds is 22. The molecule has 1 aliphatic heterocycles. The molecule has 5 heteroatoms. The first-order valence-corrected chi connectivity index (χ1v) is 15.3. The summed E-state index contributed by atoms with van der Waals surface area (Å²) in [4.78, 5) is 26.8. The number of piperidine rings is 1. The maximum atomic E-state index is 12.6. The summed E-state index contributed by atoms with van der Waals surface area (Å²) in [5, 5.41) is 0. The van der Waals surface area contributed by atoms with Crippen LogP contribution in [0.3, 0.4) is 0 Å². The van der Waals surface area contributed by atoms with Gasteiger partial charge in [0.1, 0.15) is 6.04 Å². The molecule has 1 heterocycles. The van der Waals surface area contributed by atoms with Crippen LogP contribution in [0, 0.1) is 0 Å². The van der Waals surface area contributed by atoms with Gasteiger partial charge in [-0.1, -0.05) is 123 Å². The number of amides is 1. The quantitative estimate of drug-likeness (QED) is 0.111. The van der Waals surface area contributed by atoms with Gasteiger partial charge in [0, 0.05) is 6.54 Å². The highest BCUT2D eigenvalue weighted by Gasteiger charge is 2.34. The second-order valence-electron chi connectivity index (χ2n) is 10.5. The summed E-state index contributed by atoms with van der Waals surface area (Å²) in [5.74, 6) is -0.250. The molecule has 1 aliphatic rings. The van der Waals surface area contributed by atoms with Crippen molar-refractivity contribution in [1.29, 1.82) is 0 Å². The van der Waals surface area contributed by atoms with Gasteiger partial charge in [0.2, 0.25) is 0 Å². The third-order valence-corrected chi connectivity index (χ3v) is 7.23. The minimum absolute atomic E-state index is 0.250. The van der Waals surface area contributed by atoms with Crippen LogP contribution in [0.4, 0.5) is 4.79 Å².